The lowest BCUT2D eigenvalue weighted by atomic mass is 9.81. The van der Waals surface area contributed by atoms with E-state index in [1.807, 2.05) is 6.92 Å². The summed E-state index contributed by atoms with van der Waals surface area (Å²) >= 11 is 5.86. The molecule has 1 heterocycles. The number of likely N-dealkylation sites (tertiary alicyclic amines) is 1. The van der Waals surface area contributed by atoms with Crippen molar-refractivity contribution in [3.05, 3.63) is 64.9 Å². The predicted molar refractivity (Wildman–Crippen MR) is 108 cm³/mol. The molecule has 0 aromatic heterocycles. The van der Waals surface area contributed by atoms with Crippen LogP contribution >= 0.6 is 11.6 Å². The molecule has 1 fully saturated rings. The Hall–Kier alpha value is -2.60. The van der Waals surface area contributed by atoms with Gasteiger partial charge in [-0.05, 0) is 61.7 Å². The number of halogens is 2. The summed E-state index contributed by atoms with van der Waals surface area (Å²) < 4.78 is 13.0. The van der Waals surface area contributed by atoms with Crippen LogP contribution in [-0.2, 0) is 11.3 Å². The molecule has 0 unspecified atom stereocenters. The van der Waals surface area contributed by atoms with Crippen LogP contribution < -0.4 is 10.6 Å². The number of amides is 3. The SMILES string of the molecule is C[C@]1(C(=O)NCc2ccc(F)cc2)CCCN(C(=O)Nc2ccc(Cl)cc2)C1. The summed E-state index contributed by atoms with van der Waals surface area (Å²) in [5.74, 6) is -0.419. The molecular weight excluding hydrogens is 381 g/mol. The fraction of sp³-hybridized carbons (Fsp3) is 0.333. The van der Waals surface area contributed by atoms with Gasteiger partial charge in [-0.2, -0.15) is 0 Å². The molecule has 1 aliphatic rings. The molecule has 0 spiro atoms. The normalized spacial score (nSPS) is 19.2. The Kier molecular flexibility index (Phi) is 6.19. The highest BCUT2D eigenvalue weighted by Crippen LogP contribution is 2.30. The standard InChI is InChI=1S/C21H23ClFN3O2/c1-21(19(27)24-13-15-3-7-17(23)8-4-15)11-2-12-26(14-21)20(28)25-18-9-5-16(22)6-10-18/h3-10H,2,11-14H2,1H3,(H,24,27)(H,25,28)/t21-/m0/s1. The lowest BCUT2D eigenvalue weighted by molar-refractivity contribution is -0.132. The van der Waals surface area contributed by atoms with Crippen molar-refractivity contribution in [1.29, 1.82) is 0 Å². The molecule has 0 radical (unpaired) electrons. The van der Waals surface area contributed by atoms with Crippen LogP contribution in [0.1, 0.15) is 25.3 Å². The summed E-state index contributed by atoms with van der Waals surface area (Å²) in [6.07, 6.45) is 1.45. The maximum atomic E-state index is 13.0. The van der Waals surface area contributed by atoms with Crippen molar-refractivity contribution < 1.29 is 14.0 Å². The Morgan fingerprint density at radius 3 is 2.50 bits per heavy atom. The van der Waals surface area contributed by atoms with Gasteiger partial charge in [-0.1, -0.05) is 23.7 Å². The first-order valence-electron chi connectivity index (χ1n) is 9.20. The second kappa shape index (κ2) is 8.61. The molecule has 28 heavy (non-hydrogen) atoms. The molecule has 5 nitrogen and oxygen atoms in total. The zero-order valence-electron chi connectivity index (χ0n) is 15.7. The topological polar surface area (TPSA) is 61.4 Å². The van der Waals surface area contributed by atoms with E-state index in [1.54, 1.807) is 41.3 Å². The number of benzene rings is 2. The molecule has 2 N–H and O–H groups in total. The molecule has 0 bridgehead atoms. The first-order chi connectivity index (χ1) is 13.4. The van der Waals surface area contributed by atoms with Gasteiger partial charge in [0.05, 0.1) is 5.41 Å². The van der Waals surface area contributed by atoms with Gasteiger partial charge >= 0.3 is 6.03 Å². The zero-order chi connectivity index (χ0) is 20.1. The van der Waals surface area contributed by atoms with Gasteiger partial charge in [0.15, 0.2) is 0 Å². The number of carbonyl (C=O) groups is 2. The molecule has 148 valence electrons. The Morgan fingerprint density at radius 1 is 1.14 bits per heavy atom. The third kappa shape index (κ3) is 5.01. The Labute approximate surface area is 168 Å². The summed E-state index contributed by atoms with van der Waals surface area (Å²) in [7, 11) is 0. The van der Waals surface area contributed by atoms with Crippen LogP contribution in [0.4, 0.5) is 14.9 Å². The van der Waals surface area contributed by atoms with Gasteiger partial charge < -0.3 is 15.5 Å². The van der Waals surface area contributed by atoms with Gasteiger partial charge in [-0.3, -0.25) is 4.79 Å². The van der Waals surface area contributed by atoms with Crippen LogP contribution in [0.3, 0.4) is 0 Å². The van der Waals surface area contributed by atoms with E-state index >= 15 is 0 Å². The molecule has 1 atom stereocenters. The summed E-state index contributed by atoms with van der Waals surface area (Å²) in [4.78, 5) is 27.0. The molecule has 2 aromatic carbocycles. The van der Waals surface area contributed by atoms with E-state index in [4.69, 9.17) is 11.6 Å². The van der Waals surface area contributed by atoms with Crippen LogP contribution in [0.15, 0.2) is 48.5 Å². The number of urea groups is 1. The van der Waals surface area contributed by atoms with E-state index < -0.39 is 5.41 Å². The number of hydrogen-bond acceptors (Lipinski definition) is 2. The highest BCUT2D eigenvalue weighted by atomic mass is 35.5. The van der Waals surface area contributed by atoms with Crippen LogP contribution in [0.2, 0.25) is 5.02 Å². The minimum Gasteiger partial charge on any atom is -0.351 e. The second-order valence-corrected chi connectivity index (χ2v) is 7.77. The molecule has 7 heteroatoms. The van der Waals surface area contributed by atoms with E-state index in [2.05, 4.69) is 10.6 Å². The molecule has 1 saturated heterocycles. The van der Waals surface area contributed by atoms with Crippen molar-refractivity contribution in [3.8, 4) is 0 Å². The van der Waals surface area contributed by atoms with Gasteiger partial charge in [0.1, 0.15) is 5.82 Å². The summed E-state index contributed by atoms with van der Waals surface area (Å²) in [5, 5.41) is 6.35. The second-order valence-electron chi connectivity index (χ2n) is 7.33. The molecule has 0 aliphatic carbocycles. The zero-order valence-corrected chi connectivity index (χ0v) is 16.4. The van der Waals surface area contributed by atoms with E-state index in [0.29, 0.717) is 36.8 Å². The van der Waals surface area contributed by atoms with Crippen molar-refractivity contribution in [2.75, 3.05) is 18.4 Å². The van der Waals surface area contributed by atoms with E-state index in [1.165, 1.54) is 12.1 Å². The largest absolute Gasteiger partial charge is 0.351 e. The molecule has 0 saturated carbocycles. The van der Waals surface area contributed by atoms with E-state index in [-0.39, 0.29) is 17.8 Å². The first-order valence-corrected chi connectivity index (χ1v) is 9.58. The van der Waals surface area contributed by atoms with Crippen molar-refractivity contribution in [2.24, 2.45) is 5.41 Å². The number of nitrogens with zero attached hydrogens (tertiary/aromatic N) is 1. The molecule has 3 rings (SSSR count). The average Bonchev–Trinajstić information content (AvgIpc) is 2.69. The number of piperidine rings is 1. The maximum absolute atomic E-state index is 13.0. The lowest BCUT2D eigenvalue weighted by Gasteiger charge is -2.39. The number of carbonyl (C=O) groups excluding carboxylic acids is 2. The molecule has 2 aromatic rings. The third-order valence-electron chi connectivity index (χ3n) is 4.99. The quantitative estimate of drug-likeness (QED) is 0.793. The predicted octanol–water partition coefficient (Wildman–Crippen LogP) is 4.43. The van der Waals surface area contributed by atoms with E-state index in [9.17, 15) is 14.0 Å². The van der Waals surface area contributed by atoms with Crippen molar-refractivity contribution in [3.63, 3.8) is 0 Å². The van der Waals surface area contributed by atoms with Crippen LogP contribution in [0.25, 0.3) is 0 Å². The summed E-state index contributed by atoms with van der Waals surface area (Å²) in [6.45, 7) is 3.13. The number of nitrogens with one attached hydrogen (secondary N) is 2. The maximum Gasteiger partial charge on any atom is 0.321 e. The van der Waals surface area contributed by atoms with Gasteiger partial charge in [0.25, 0.3) is 0 Å². The number of rotatable bonds is 4. The van der Waals surface area contributed by atoms with Crippen LogP contribution in [0, 0.1) is 11.2 Å². The average molecular weight is 404 g/mol. The molecular formula is C21H23ClFN3O2. The van der Waals surface area contributed by atoms with Gasteiger partial charge in [-0.25, -0.2) is 9.18 Å². The van der Waals surface area contributed by atoms with Crippen molar-refractivity contribution in [1.82, 2.24) is 10.2 Å². The lowest BCUT2D eigenvalue weighted by Crippen LogP contribution is -2.52. The number of anilines is 1. The summed E-state index contributed by atoms with van der Waals surface area (Å²) in [5.41, 5.74) is 0.809. The van der Waals surface area contributed by atoms with Crippen molar-refractivity contribution in [2.45, 2.75) is 26.3 Å². The minimum absolute atomic E-state index is 0.110. The summed E-state index contributed by atoms with van der Waals surface area (Å²) in [6, 6.07) is 12.7. The van der Waals surface area contributed by atoms with Gasteiger partial charge in [-0.15, -0.1) is 0 Å². The van der Waals surface area contributed by atoms with E-state index in [0.717, 1.165) is 12.0 Å². The minimum atomic E-state index is -0.671. The Morgan fingerprint density at radius 2 is 1.82 bits per heavy atom. The fourth-order valence-electron chi connectivity index (χ4n) is 3.33. The highest BCUT2D eigenvalue weighted by molar-refractivity contribution is 6.30. The van der Waals surface area contributed by atoms with Crippen LogP contribution in [-0.4, -0.2) is 29.9 Å². The smallest absolute Gasteiger partial charge is 0.321 e. The van der Waals surface area contributed by atoms with Crippen LogP contribution in [0.5, 0.6) is 0 Å². The first kappa shape index (κ1) is 20.1. The molecule has 1 aliphatic heterocycles. The third-order valence-corrected chi connectivity index (χ3v) is 5.25. The molecule has 3 amide bonds. The fourth-order valence-corrected chi connectivity index (χ4v) is 3.46. The Bertz CT molecular complexity index is 842. The highest BCUT2D eigenvalue weighted by Gasteiger charge is 2.39. The monoisotopic (exact) mass is 403 g/mol. The number of hydrogen-bond donors (Lipinski definition) is 2. The van der Waals surface area contributed by atoms with Gasteiger partial charge in [0, 0.05) is 30.3 Å². The van der Waals surface area contributed by atoms with Crippen molar-refractivity contribution >= 4 is 29.2 Å². The van der Waals surface area contributed by atoms with Gasteiger partial charge in [0.2, 0.25) is 5.91 Å². The Balaban J connectivity index is 1.58.